The van der Waals surface area contributed by atoms with Crippen molar-refractivity contribution in [2.45, 2.75) is 49.1 Å². The molecular weight excluding hydrogens is 408 g/mol. The minimum absolute atomic E-state index is 0.179. The molecule has 1 saturated carbocycles. The van der Waals surface area contributed by atoms with Crippen LogP contribution >= 0.6 is 23.4 Å². The predicted molar refractivity (Wildman–Crippen MR) is 112 cm³/mol. The normalized spacial score (nSPS) is 14.7. The Labute approximate surface area is 178 Å². The largest absolute Gasteiger partial charge is 0.348 e. The summed E-state index contributed by atoms with van der Waals surface area (Å²) in [7, 11) is 0. The maximum atomic E-state index is 13.0. The molecule has 0 unspecified atom stereocenters. The van der Waals surface area contributed by atoms with Crippen molar-refractivity contribution in [1.29, 1.82) is 0 Å². The van der Waals surface area contributed by atoms with Crippen molar-refractivity contribution in [3.8, 4) is 5.69 Å². The van der Waals surface area contributed by atoms with Crippen molar-refractivity contribution in [1.82, 2.24) is 30.3 Å². The highest BCUT2D eigenvalue weighted by Crippen LogP contribution is 2.24. The zero-order valence-corrected chi connectivity index (χ0v) is 17.4. The molecule has 0 atom stereocenters. The molecule has 1 aliphatic carbocycles. The van der Waals surface area contributed by atoms with Gasteiger partial charge < -0.3 is 5.32 Å². The van der Waals surface area contributed by atoms with Gasteiger partial charge in [0.25, 0.3) is 5.91 Å². The Morgan fingerprint density at radius 3 is 2.59 bits per heavy atom. The first-order chi connectivity index (χ1) is 14.2. The molecule has 1 N–H and O–H groups in total. The number of carbonyl (C=O) groups excluding carboxylic acids is 1. The van der Waals surface area contributed by atoms with Crippen LogP contribution in [0.2, 0.25) is 5.02 Å². The highest BCUT2D eigenvalue weighted by atomic mass is 35.5. The first-order valence-corrected chi connectivity index (χ1v) is 11.0. The van der Waals surface area contributed by atoms with Gasteiger partial charge in [0.1, 0.15) is 0 Å². The molecule has 0 aliphatic heterocycles. The molecule has 0 spiro atoms. The number of benzene rings is 1. The minimum Gasteiger partial charge on any atom is -0.348 e. The van der Waals surface area contributed by atoms with E-state index in [1.54, 1.807) is 35.3 Å². The van der Waals surface area contributed by atoms with Crippen molar-refractivity contribution in [3.63, 3.8) is 0 Å². The van der Waals surface area contributed by atoms with Gasteiger partial charge in [-0.2, -0.15) is 0 Å². The highest BCUT2D eigenvalue weighted by molar-refractivity contribution is 7.98. The number of carbonyl (C=O) groups is 1. The van der Waals surface area contributed by atoms with Gasteiger partial charge in [0, 0.05) is 29.2 Å². The summed E-state index contributed by atoms with van der Waals surface area (Å²) >= 11 is 7.45. The third kappa shape index (κ3) is 4.94. The van der Waals surface area contributed by atoms with Crippen LogP contribution in [-0.4, -0.2) is 36.9 Å². The number of amides is 1. The molecule has 0 saturated heterocycles. The lowest BCUT2D eigenvalue weighted by atomic mass is 9.95. The fourth-order valence-corrected chi connectivity index (χ4v) is 4.31. The first kappa shape index (κ1) is 19.8. The Hall–Kier alpha value is -2.45. The summed E-state index contributed by atoms with van der Waals surface area (Å²) in [5, 5.41) is 12.9. The lowest BCUT2D eigenvalue weighted by molar-refractivity contribution is 0.0922. The second-order valence-corrected chi connectivity index (χ2v) is 8.28. The van der Waals surface area contributed by atoms with E-state index >= 15 is 0 Å². The van der Waals surface area contributed by atoms with Gasteiger partial charge in [-0.15, -0.1) is 5.10 Å². The van der Waals surface area contributed by atoms with Crippen LogP contribution in [0.15, 0.2) is 47.9 Å². The summed E-state index contributed by atoms with van der Waals surface area (Å²) < 4.78 is 1.68. The van der Waals surface area contributed by atoms with E-state index in [2.05, 4.69) is 25.6 Å². The number of nitrogens with zero attached hydrogens (tertiary/aromatic N) is 5. The molecule has 1 aliphatic rings. The van der Waals surface area contributed by atoms with Gasteiger partial charge in [0.05, 0.1) is 11.4 Å². The smallest absolute Gasteiger partial charge is 0.274 e. The SMILES string of the molecule is O=C(NC1CCCCC1)c1nnn(-c2ccc(Cl)cc2)c1CSc1ncccn1. The van der Waals surface area contributed by atoms with E-state index in [0.29, 0.717) is 27.3 Å². The lowest BCUT2D eigenvalue weighted by Gasteiger charge is -2.22. The molecule has 4 rings (SSSR count). The zero-order chi connectivity index (χ0) is 20.1. The Bertz CT molecular complexity index is 957. The zero-order valence-electron chi connectivity index (χ0n) is 15.8. The predicted octanol–water partition coefficient (Wildman–Crippen LogP) is 4.07. The summed E-state index contributed by atoms with van der Waals surface area (Å²) in [6.45, 7) is 0. The van der Waals surface area contributed by atoms with Gasteiger partial charge in [0.15, 0.2) is 10.9 Å². The molecule has 0 bridgehead atoms. The average molecular weight is 429 g/mol. The van der Waals surface area contributed by atoms with E-state index in [1.165, 1.54) is 18.2 Å². The van der Waals surface area contributed by atoms with E-state index < -0.39 is 0 Å². The first-order valence-electron chi connectivity index (χ1n) is 9.62. The summed E-state index contributed by atoms with van der Waals surface area (Å²) in [5.74, 6) is 0.286. The van der Waals surface area contributed by atoms with Gasteiger partial charge in [-0.1, -0.05) is 47.8 Å². The van der Waals surface area contributed by atoms with Crippen LogP contribution in [0.4, 0.5) is 0 Å². The molecule has 0 radical (unpaired) electrons. The molecule has 9 heteroatoms. The Balaban J connectivity index is 1.60. The summed E-state index contributed by atoms with van der Waals surface area (Å²) in [4.78, 5) is 21.4. The molecular formula is C20H21ClN6OS. The van der Waals surface area contributed by atoms with Crippen molar-refractivity contribution in [2.24, 2.45) is 0 Å². The van der Waals surface area contributed by atoms with Gasteiger partial charge in [-0.05, 0) is 43.2 Å². The maximum absolute atomic E-state index is 13.0. The number of thioether (sulfide) groups is 1. The molecule has 150 valence electrons. The van der Waals surface area contributed by atoms with E-state index in [1.807, 2.05) is 12.1 Å². The van der Waals surface area contributed by atoms with E-state index in [0.717, 1.165) is 31.4 Å². The quantitative estimate of drug-likeness (QED) is 0.470. The van der Waals surface area contributed by atoms with Crippen LogP contribution in [-0.2, 0) is 5.75 Å². The summed E-state index contributed by atoms with van der Waals surface area (Å²) in [6.07, 6.45) is 8.95. The van der Waals surface area contributed by atoms with E-state index in [9.17, 15) is 4.79 Å². The maximum Gasteiger partial charge on any atom is 0.274 e. The van der Waals surface area contributed by atoms with Crippen LogP contribution < -0.4 is 5.32 Å². The fraction of sp³-hybridized carbons (Fsp3) is 0.350. The fourth-order valence-electron chi connectivity index (χ4n) is 3.39. The summed E-state index contributed by atoms with van der Waals surface area (Å²) in [5.41, 5.74) is 1.84. The molecule has 7 nitrogen and oxygen atoms in total. The van der Waals surface area contributed by atoms with Crippen LogP contribution in [0.3, 0.4) is 0 Å². The molecule has 1 amide bonds. The molecule has 2 heterocycles. The van der Waals surface area contributed by atoms with Gasteiger partial charge >= 0.3 is 0 Å². The minimum atomic E-state index is -0.179. The van der Waals surface area contributed by atoms with Crippen LogP contribution in [0.25, 0.3) is 5.69 Å². The Morgan fingerprint density at radius 1 is 1.14 bits per heavy atom. The van der Waals surface area contributed by atoms with Crippen molar-refractivity contribution in [2.75, 3.05) is 0 Å². The van der Waals surface area contributed by atoms with Gasteiger partial charge in [-0.25, -0.2) is 14.6 Å². The van der Waals surface area contributed by atoms with E-state index in [4.69, 9.17) is 11.6 Å². The number of halogens is 1. The molecule has 1 fully saturated rings. The third-order valence-corrected chi connectivity index (χ3v) is 6.01. The molecule has 29 heavy (non-hydrogen) atoms. The van der Waals surface area contributed by atoms with Gasteiger partial charge in [0.2, 0.25) is 0 Å². The molecule has 2 aromatic heterocycles. The molecule has 1 aromatic carbocycles. The average Bonchev–Trinajstić information content (AvgIpc) is 3.18. The topological polar surface area (TPSA) is 85.6 Å². The monoisotopic (exact) mass is 428 g/mol. The number of nitrogens with one attached hydrogen (secondary N) is 1. The van der Waals surface area contributed by atoms with Crippen molar-refractivity contribution in [3.05, 3.63) is 59.1 Å². The number of hydrogen-bond donors (Lipinski definition) is 1. The lowest BCUT2D eigenvalue weighted by Crippen LogP contribution is -2.36. The standard InChI is InChI=1S/C20H21ClN6OS/c21-14-7-9-16(10-8-14)27-17(13-29-20-22-11-4-12-23-20)18(25-26-27)19(28)24-15-5-2-1-3-6-15/h4,7-12,15H,1-3,5-6,13H2,(H,24,28). The van der Waals surface area contributed by atoms with E-state index in [-0.39, 0.29) is 11.9 Å². The number of rotatable bonds is 6. The number of aromatic nitrogens is 5. The van der Waals surface area contributed by atoms with Crippen LogP contribution in [0, 0.1) is 0 Å². The van der Waals surface area contributed by atoms with Crippen LogP contribution in [0.5, 0.6) is 0 Å². The second-order valence-electron chi connectivity index (χ2n) is 6.90. The number of hydrogen-bond acceptors (Lipinski definition) is 6. The van der Waals surface area contributed by atoms with Crippen molar-refractivity contribution < 1.29 is 4.79 Å². The van der Waals surface area contributed by atoms with Crippen LogP contribution in [0.1, 0.15) is 48.3 Å². The van der Waals surface area contributed by atoms with Crippen molar-refractivity contribution >= 4 is 29.3 Å². The third-order valence-electron chi connectivity index (χ3n) is 4.87. The van der Waals surface area contributed by atoms with Gasteiger partial charge in [-0.3, -0.25) is 4.79 Å². The molecule has 3 aromatic rings. The Morgan fingerprint density at radius 2 is 1.86 bits per heavy atom. The highest BCUT2D eigenvalue weighted by Gasteiger charge is 2.24. The summed E-state index contributed by atoms with van der Waals surface area (Å²) in [6, 6.07) is 9.26. The Kier molecular flexibility index (Phi) is 6.41. The second kappa shape index (κ2) is 9.37.